The highest BCUT2D eigenvalue weighted by Gasteiger charge is 2.18. The Hall–Kier alpha value is -1.92. The number of amides is 2. The lowest BCUT2D eigenvalue weighted by atomic mass is 10.1. The van der Waals surface area contributed by atoms with E-state index in [0.717, 1.165) is 25.1 Å². The van der Waals surface area contributed by atoms with Crippen LogP contribution in [-0.4, -0.2) is 48.3 Å². The topological polar surface area (TPSA) is 78.7 Å². The Morgan fingerprint density at radius 3 is 2.65 bits per heavy atom. The molecule has 108 valence electrons. The number of carbonyl (C=O) groups excluding carboxylic acids is 2. The van der Waals surface area contributed by atoms with Crippen LogP contribution in [0.1, 0.15) is 22.3 Å². The van der Waals surface area contributed by atoms with Gasteiger partial charge < -0.3 is 4.90 Å². The molecule has 2 rings (SSSR count). The van der Waals surface area contributed by atoms with Gasteiger partial charge in [0, 0.05) is 32.2 Å². The number of hydrogen-bond acceptors (Lipinski definition) is 4. The molecule has 1 aliphatic rings. The molecule has 0 bridgehead atoms. The highest BCUT2D eigenvalue weighted by molar-refractivity contribution is 5.93. The number of benzene rings is 1. The summed E-state index contributed by atoms with van der Waals surface area (Å²) in [7, 11) is 1.84. The van der Waals surface area contributed by atoms with Gasteiger partial charge in [-0.25, -0.2) is 5.84 Å². The first-order valence-corrected chi connectivity index (χ1v) is 6.66. The number of hydrogen-bond donors (Lipinski definition) is 2. The number of nitrogens with zero attached hydrogens (tertiary/aromatic N) is 2. The van der Waals surface area contributed by atoms with Crippen LogP contribution in [-0.2, 0) is 11.3 Å². The van der Waals surface area contributed by atoms with Crippen molar-refractivity contribution in [2.24, 2.45) is 5.84 Å². The summed E-state index contributed by atoms with van der Waals surface area (Å²) in [5.74, 6) is 4.94. The number of rotatable bonds is 3. The van der Waals surface area contributed by atoms with Crippen molar-refractivity contribution in [3.05, 3.63) is 35.4 Å². The van der Waals surface area contributed by atoms with Gasteiger partial charge in [0.2, 0.25) is 5.91 Å². The van der Waals surface area contributed by atoms with E-state index in [-0.39, 0.29) is 11.8 Å². The third kappa shape index (κ3) is 3.55. The maximum atomic E-state index is 11.8. The molecule has 20 heavy (non-hydrogen) atoms. The molecule has 0 atom stereocenters. The predicted molar refractivity (Wildman–Crippen MR) is 75.6 cm³/mol. The summed E-state index contributed by atoms with van der Waals surface area (Å²) in [6.45, 7) is 2.87. The van der Waals surface area contributed by atoms with Gasteiger partial charge in [0.15, 0.2) is 0 Å². The van der Waals surface area contributed by atoms with Crippen molar-refractivity contribution in [2.45, 2.75) is 13.0 Å². The van der Waals surface area contributed by atoms with Crippen LogP contribution in [0.2, 0.25) is 0 Å². The molecule has 3 N–H and O–H groups in total. The van der Waals surface area contributed by atoms with E-state index in [2.05, 4.69) is 10.3 Å². The number of likely N-dealkylation sites (N-methyl/N-ethyl adjacent to an activating group) is 1. The highest BCUT2D eigenvalue weighted by atomic mass is 16.2. The van der Waals surface area contributed by atoms with Crippen molar-refractivity contribution in [1.82, 2.24) is 15.2 Å². The van der Waals surface area contributed by atoms with Gasteiger partial charge in [-0.05, 0) is 24.1 Å². The van der Waals surface area contributed by atoms with E-state index in [0.29, 0.717) is 18.7 Å². The minimum Gasteiger partial charge on any atom is -0.345 e. The van der Waals surface area contributed by atoms with Crippen LogP contribution in [0.3, 0.4) is 0 Å². The standard InChI is InChI=1S/C14H20N4O2/c1-17-7-2-8-18(10-13(17)19)9-11-3-5-12(6-4-11)14(20)16-15/h3-6H,2,7-10,15H2,1H3,(H,16,20). The summed E-state index contributed by atoms with van der Waals surface area (Å²) in [4.78, 5) is 27.1. The summed E-state index contributed by atoms with van der Waals surface area (Å²) >= 11 is 0. The maximum absolute atomic E-state index is 11.8. The molecule has 1 heterocycles. The molecular weight excluding hydrogens is 256 g/mol. The quantitative estimate of drug-likeness (QED) is 0.461. The van der Waals surface area contributed by atoms with E-state index >= 15 is 0 Å². The third-order valence-corrected chi connectivity index (χ3v) is 3.51. The average molecular weight is 276 g/mol. The summed E-state index contributed by atoms with van der Waals surface area (Å²) in [5, 5.41) is 0. The van der Waals surface area contributed by atoms with Crippen LogP contribution in [0.15, 0.2) is 24.3 Å². The molecule has 1 fully saturated rings. The van der Waals surface area contributed by atoms with E-state index in [4.69, 9.17) is 5.84 Å². The minimum atomic E-state index is -0.303. The van der Waals surface area contributed by atoms with Gasteiger partial charge in [-0.2, -0.15) is 0 Å². The number of nitrogens with one attached hydrogen (secondary N) is 1. The first kappa shape index (κ1) is 14.5. The Kier molecular flexibility index (Phi) is 4.70. The molecule has 1 aromatic rings. The molecule has 1 aromatic carbocycles. The second kappa shape index (κ2) is 6.49. The summed E-state index contributed by atoms with van der Waals surface area (Å²) in [5.41, 5.74) is 3.71. The van der Waals surface area contributed by atoms with Crippen molar-refractivity contribution < 1.29 is 9.59 Å². The summed E-state index contributed by atoms with van der Waals surface area (Å²) < 4.78 is 0. The Labute approximate surface area is 118 Å². The van der Waals surface area contributed by atoms with E-state index in [1.54, 1.807) is 17.0 Å². The fourth-order valence-electron chi connectivity index (χ4n) is 2.29. The smallest absolute Gasteiger partial charge is 0.265 e. The SMILES string of the molecule is CN1CCCN(Cc2ccc(C(=O)NN)cc2)CC1=O. The first-order valence-electron chi connectivity index (χ1n) is 6.66. The third-order valence-electron chi connectivity index (χ3n) is 3.51. The van der Waals surface area contributed by atoms with E-state index in [1.807, 2.05) is 19.2 Å². The fourth-order valence-corrected chi connectivity index (χ4v) is 2.29. The lowest BCUT2D eigenvalue weighted by molar-refractivity contribution is -0.130. The van der Waals surface area contributed by atoms with Crippen molar-refractivity contribution >= 4 is 11.8 Å². The van der Waals surface area contributed by atoms with E-state index < -0.39 is 0 Å². The van der Waals surface area contributed by atoms with Crippen LogP contribution in [0.5, 0.6) is 0 Å². The Morgan fingerprint density at radius 2 is 2.00 bits per heavy atom. The normalized spacial score (nSPS) is 16.9. The monoisotopic (exact) mass is 276 g/mol. The molecule has 6 nitrogen and oxygen atoms in total. The zero-order chi connectivity index (χ0) is 14.5. The molecule has 0 spiro atoms. The number of nitrogens with two attached hydrogens (primary N) is 1. The molecule has 0 aromatic heterocycles. The van der Waals surface area contributed by atoms with Gasteiger partial charge in [-0.15, -0.1) is 0 Å². The zero-order valence-corrected chi connectivity index (χ0v) is 11.6. The van der Waals surface area contributed by atoms with Crippen molar-refractivity contribution in [3.8, 4) is 0 Å². The molecule has 6 heteroatoms. The van der Waals surface area contributed by atoms with Gasteiger partial charge in [0.1, 0.15) is 0 Å². The van der Waals surface area contributed by atoms with Crippen LogP contribution >= 0.6 is 0 Å². The number of carbonyl (C=O) groups is 2. The molecule has 0 unspecified atom stereocenters. The van der Waals surface area contributed by atoms with E-state index in [9.17, 15) is 9.59 Å². The van der Waals surface area contributed by atoms with Gasteiger partial charge in [0.25, 0.3) is 5.91 Å². The largest absolute Gasteiger partial charge is 0.345 e. The Bertz CT molecular complexity index is 486. The molecular formula is C14H20N4O2. The number of nitrogen functional groups attached to an aromatic ring is 1. The van der Waals surface area contributed by atoms with E-state index in [1.165, 1.54) is 0 Å². The second-order valence-corrected chi connectivity index (χ2v) is 5.05. The van der Waals surface area contributed by atoms with Crippen molar-refractivity contribution in [3.63, 3.8) is 0 Å². The van der Waals surface area contributed by atoms with Gasteiger partial charge in [-0.3, -0.25) is 19.9 Å². The highest BCUT2D eigenvalue weighted by Crippen LogP contribution is 2.10. The molecule has 0 aliphatic carbocycles. The molecule has 0 saturated carbocycles. The zero-order valence-electron chi connectivity index (χ0n) is 11.6. The van der Waals surface area contributed by atoms with Gasteiger partial charge >= 0.3 is 0 Å². The Balaban J connectivity index is 1.99. The summed E-state index contributed by atoms with van der Waals surface area (Å²) in [6.07, 6.45) is 0.982. The molecule has 0 radical (unpaired) electrons. The second-order valence-electron chi connectivity index (χ2n) is 5.05. The maximum Gasteiger partial charge on any atom is 0.265 e. The van der Waals surface area contributed by atoms with Crippen molar-refractivity contribution in [1.29, 1.82) is 0 Å². The van der Waals surface area contributed by atoms with Crippen molar-refractivity contribution in [2.75, 3.05) is 26.7 Å². The average Bonchev–Trinajstić information content (AvgIpc) is 2.61. The van der Waals surface area contributed by atoms with Crippen LogP contribution in [0.4, 0.5) is 0 Å². The molecule has 1 aliphatic heterocycles. The predicted octanol–water partition coefficient (Wildman–Crippen LogP) is -0.0458. The molecule has 2 amide bonds. The number of hydrazine groups is 1. The summed E-state index contributed by atoms with van der Waals surface area (Å²) in [6, 6.07) is 7.26. The van der Waals surface area contributed by atoms with Crippen LogP contribution < -0.4 is 11.3 Å². The lowest BCUT2D eigenvalue weighted by Gasteiger charge is -2.19. The Morgan fingerprint density at radius 1 is 1.30 bits per heavy atom. The lowest BCUT2D eigenvalue weighted by Crippen LogP contribution is -2.34. The fraction of sp³-hybridized carbons (Fsp3) is 0.429. The van der Waals surface area contributed by atoms with Crippen LogP contribution in [0.25, 0.3) is 0 Å². The van der Waals surface area contributed by atoms with Gasteiger partial charge in [0.05, 0.1) is 6.54 Å². The minimum absolute atomic E-state index is 0.154. The van der Waals surface area contributed by atoms with Gasteiger partial charge in [-0.1, -0.05) is 12.1 Å². The first-order chi connectivity index (χ1) is 9.60. The van der Waals surface area contributed by atoms with Crippen LogP contribution in [0, 0.1) is 0 Å². The molecule has 1 saturated heterocycles.